The predicted octanol–water partition coefficient (Wildman–Crippen LogP) is 2.71. The zero-order valence-corrected chi connectivity index (χ0v) is 11.2. The molecule has 0 spiro atoms. The number of hydrogen-bond donors (Lipinski definition) is 1. The van der Waals surface area contributed by atoms with Crippen molar-refractivity contribution in [3.05, 3.63) is 53.3 Å². The average Bonchev–Trinajstić information content (AvgIpc) is 2.74. The van der Waals surface area contributed by atoms with Crippen molar-refractivity contribution < 1.29 is 9.90 Å². The molecular formula is C15H13N3O2. The molecule has 0 aliphatic rings. The Labute approximate surface area is 115 Å². The van der Waals surface area contributed by atoms with Crippen molar-refractivity contribution in [1.82, 2.24) is 14.6 Å². The molecule has 1 N–H and O–H groups in total. The lowest BCUT2D eigenvalue weighted by Crippen LogP contribution is -2.06. The lowest BCUT2D eigenvalue weighted by molar-refractivity contribution is 0.0687. The van der Waals surface area contributed by atoms with Crippen molar-refractivity contribution in [3.8, 4) is 11.3 Å². The molecule has 100 valence electrons. The second-order valence-corrected chi connectivity index (χ2v) is 4.71. The van der Waals surface area contributed by atoms with Gasteiger partial charge in [0.05, 0.1) is 11.4 Å². The quantitative estimate of drug-likeness (QED) is 0.775. The number of aromatic nitrogens is 3. The smallest absolute Gasteiger partial charge is 0.356 e. The maximum absolute atomic E-state index is 11.3. The minimum absolute atomic E-state index is 0.106. The number of carbonyl (C=O) groups is 1. The number of imidazole rings is 1. The van der Waals surface area contributed by atoms with Crippen molar-refractivity contribution >= 4 is 11.6 Å². The summed E-state index contributed by atoms with van der Waals surface area (Å²) in [6.07, 6.45) is 0. The normalized spacial score (nSPS) is 10.9. The Morgan fingerprint density at radius 1 is 1.10 bits per heavy atom. The lowest BCUT2D eigenvalue weighted by atomic mass is 10.1. The van der Waals surface area contributed by atoms with Crippen molar-refractivity contribution in [1.29, 1.82) is 0 Å². The van der Waals surface area contributed by atoms with Crippen LogP contribution in [0.15, 0.2) is 36.4 Å². The molecule has 0 fully saturated rings. The molecule has 2 aromatic heterocycles. The molecule has 0 atom stereocenters. The molecule has 20 heavy (non-hydrogen) atoms. The van der Waals surface area contributed by atoms with Crippen LogP contribution in [0, 0.1) is 13.8 Å². The Morgan fingerprint density at radius 2 is 1.80 bits per heavy atom. The van der Waals surface area contributed by atoms with Crippen LogP contribution in [0.4, 0.5) is 0 Å². The molecule has 0 amide bonds. The summed E-state index contributed by atoms with van der Waals surface area (Å²) >= 11 is 0. The lowest BCUT2D eigenvalue weighted by Gasteiger charge is -2.03. The van der Waals surface area contributed by atoms with E-state index < -0.39 is 5.97 Å². The number of nitrogens with zero attached hydrogens (tertiary/aromatic N) is 3. The average molecular weight is 267 g/mol. The fraction of sp³-hybridized carbons (Fsp3) is 0.133. The van der Waals surface area contributed by atoms with E-state index in [9.17, 15) is 9.90 Å². The van der Waals surface area contributed by atoms with E-state index in [0.29, 0.717) is 11.3 Å². The van der Waals surface area contributed by atoms with Crippen LogP contribution in [-0.4, -0.2) is 25.7 Å². The first-order valence-electron chi connectivity index (χ1n) is 6.23. The molecule has 1 aromatic carbocycles. The first kappa shape index (κ1) is 12.3. The third kappa shape index (κ3) is 1.93. The van der Waals surface area contributed by atoms with Crippen LogP contribution in [0.25, 0.3) is 16.9 Å². The van der Waals surface area contributed by atoms with Crippen LogP contribution < -0.4 is 0 Å². The Balaban J connectivity index is 2.21. The molecule has 0 saturated heterocycles. The number of aryl methyl sites for hydroxylation is 2. The molecule has 0 saturated carbocycles. The number of rotatable bonds is 2. The summed E-state index contributed by atoms with van der Waals surface area (Å²) in [4.78, 5) is 15.5. The fourth-order valence-corrected chi connectivity index (χ4v) is 2.17. The van der Waals surface area contributed by atoms with Crippen molar-refractivity contribution in [2.24, 2.45) is 0 Å². The third-order valence-electron chi connectivity index (χ3n) is 3.20. The van der Waals surface area contributed by atoms with E-state index in [-0.39, 0.29) is 5.69 Å². The van der Waals surface area contributed by atoms with Crippen LogP contribution in [-0.2, 0) is 0 Å². The van der Waals surface area contributed by atoms with Gasteiger partial charge in [0.15, 0.2) is 11.3 Å². The van der Waals surface area contributed by atoms with E-state index in [1.54, 1.807) is 13.0 Å². The Kier molecular flexibility index (Phi) is 2.75. The first-order valence-corrected chi connectivity index (χ1v) is 6.23. The van der Waals surface area contributed by atoms with Gasteiger partial charge in [-0.15, -0.1) is 0 Å². The summed E-state index contributed by atoms with van der Waals surface area (Å²) in [6, 6.07) is 11.6. The van der Waals surface area contributed by atoms with Crippen LogP contribution in [0.2, 0.25) is 0 Å². The number of hydrogen-bond acceptors (Lipinski definition) is 3. The van der Waals surface area contributed by atoms with E-state index in [0.717, 1.165) is 11.3 Å². The number of carboxylic acids is 1. The van der Waals surface area contributed by atoms with Crippen LogP contribution in [0.5, 0.6) is 0 Å². The number of carboxylic acid groups (broad SMARTS) is 1. The van der Waals surface area contributed by atoms with E-state index in [4.69, 9.17) is 0 Å². The monoisotopic (exact) mass is 267 g/mol. The van der Waals surface area contributed by atoms with Crippen molar-refractivity contribution in [2.45, 2.75) is 13.8 Å². The summed E-state index contributed by atoms with van der Waals surface area (Å²) in [6.45, 7) is 3.69. The predicted molar refractivity (Wildman–Crippen MR) is 74.9 cm³/mol. The molecule has 5 nitrogen and oxygen atoms in total. The molecule has 2 heterocycles. The van der Waals surface area contributed by atoms with Gasteiger partial charge in [-0.25, -0.2) is 14.3 Å². The summed E-state index contributed by atoms with van der Waals surface area (Å²) in [5, 5.41) is 13.6. The van der Waals surface area contributed by atoms with Gasteiger partial charge in [-0.3, -0.25) is 0 Å². The SMILES string of the molecule is Cc1ccc(-c2ccc3nc(C)c(C(=O)O)n3n2)cc1. The van der Waals surface area contributed by atoms with Gasteiger partial charge < -0.3 is 5.11 Å². The molecular weight excluding hydrogens is 254 g/mol. The second kappa shape index (κ2) is 4.45. The maximum Gasteiger partial charge on any atom is 0.356 e. The molecule has 0 aliphatic heterocycles. The summed E-state index contributed by atoms with van der Waals surface area (Å²) < 4.78 is 1.38. The summed E-state index contributed by atoms with van der Waals surface area (Å²) in [5.74, 6) is -1.02. The molecule has 0 bridgehead atoms. The first-order chi connectivity index (χ1) is 9.56. The van der Waals surface area contributed by atoms with Crippen molar-refractivity contribution in [2.75, 3.05) is 0 Å². The molecule has 0 radical (unpaired) electrons. The van der Waals surface area contributed by atoms with E-state index in [1.165, 1.54) is 10.1 Å². The minimum atomic E-state index is -1.02. The van der Waals surface area contributed by atoms with Gasteiger partial charge in [0, 0.05) is 5.56 Å². The fourth-order valence-electron chi connectivity index (χ4n) is 2.17. The van der Waals surface area contributed by atoms with E-state index >= 15 is 0 Å². The van der Waals surface area contributed by atoms with Crippen LogP contribution in [0.1, 0.15) is 21.7 Å². The number of aromatic carboxylic acids is 1. The van der Waals surface area contributed by atoms with Crippen molar-refractivity contribution in [3.63, 3.8) is 0 Å². The highest BCUT2D eigenvalue weighted by atomic mass is 16.4. The van der Waals surface area contributed by atoms with Gasteiger partial charge in [-0.05, 0) is 26.0 Å². The van der Waals surface area contributed by atoms with Gasteiger partial charge in [-0.1, -0.05) is 29.8 Å². The summed E-state index contributed by atoms with van der Waals surface area (Å²) in [5.41, 5.74) is 3.94. The van der Waals surface area contributed by atoms with Gasteiger partial charge in [0.2, 0.25) is 0 Å². The molecule has 5 heteroatoms. The largest absolute Gasteiger partial charge is 0.476 e. The highest BCUT2D eigenvalue weighted by Crippen LogP contribution is 2.19. The zero-order valence-electron chi connectivity index (χ0n) is 11.2. The Morgan fingerprint density at radius 3 is 2.45 bits per heavy atom. The van der Waals surface area contributed by atoms with Crippen LogP contribution in [0.3, 0.4) is 0 Å². The highest BCUT2D eigenvalue weighted by Gasteiger charge is 2.17. The van der Waals surface area contributed by atoms with Gasteiger partial charge >= 0.3 is 5.97 Å². The summed E-state index contributed by atoms with van der Waals surface area (Å²) in [7, 11) is 0. The third-order valence-corrected chi connectivity index (χ3v) is 3.20. The highest BCUT2D eigenvalue weighted by molar-refractivity contribution is 5.88. The molecule has 0 unspecified atom stereocenters. The minimum Gasteiger partial charge on any atom is -0.476 e. The molecule has 3 rings (SSSR count). The van der Waals surface area contributed by atoms with Gasteiger partial charge in [-0.2, -0.15) is 5.10 Å². The number of fused-ring (bicyclic) bond motifs is 1. The Hall–Kier alpha value is -2.69. The van der Waals surface area contributed by atoms with Gasteiger partial charge in [0.1, 0.15) is 0 Å². The topological polar surface area (TPSA) is 67.5 Å². The van der Waals surface area contributed by atoms with Gasteiger partial charge in [0.25, 0.3) is 0 Å². The number of benzene rings is 1. The Bertz CT molecular complexity index is 804. The molecule has 0 aliphatic carbocycles. The maximum atomic E-state index is 11.3. The standard InChI is InChI=1S/C15H13N3O2/c1-9-3-5-11(6-4-9)12-7-8-13-16-10(2)14(15(19)20)18(13)17-12/h3-8H,1-2H3,(H,19,20). The van der Waals surface area contributed by atoms with Crippen LogP contribution >= 0.6 is 0 Å². The van der Waals surface area contributed by atoms with E-state index in [2.05, 4.69) is 10.1 Å². The second-order valence-electron chi connectivity index (χ2n) is 4.71. The molecule has 3 aromatic rings. The zero-order chi connectivity index (χ0) is 14.3. The van der Waals surface area contributed by atoms with E-state index in [1.807, 2.05) is 37.3 Å².